The van der Waals surface area contributed by atoms with Crippen LogP contribution in [0.25, 0.3) is 5.69 Å². The Labute approximate surface area is 160 Å². The number of aromatic nitrogens is 2. The Bertz CT molecular complexity index is 843. The maximum atomic E-state index is 12.5. The number of benzene rings is 1. The minimum atomic E-state index is -0.351. The van der Waals surface area contributed by atoms with E-state index in [9.17, 15) is 4.79 Å². The summed E-state index contributed by atoms with van der Waals surface area (Å²) in [7, 11) is 3.16. The fourth-order valence-corrected chi connectivity index (χ4v) is 5.22. The predicted molar refractivity (Wildman–Crippen MR) is 102 cm³/mol. The molecule has 144 valence electrons. The summed E-state index contributed by atoms with van der Waals surface area (Å²) >= 11 is 0. The Hall–Kier alpha value is -2.34. The number of fused-ring (bicyclic) bond motifs is 1. The molecule has 4 rings (SSSR count). The number of imidazole rings is 1. The Kier molecular flexibility index (Phi) is 4.26. The molecule has 1 aliphatic heterocycles. The molecule has 1 aliphatic carbocycles. The van der Waals surface area contributed by atoms with Gasteiger partial charge in [0.15, 0.2) is 0 Å². The van der Waals surface area contributed by atoms with Crippen molar-refractivity contribution in [2.24, 2.45) is 16.7 Å². The summed E-state index contributed by atoms with van der Waals surface area (Å²) in [6.45, 7) is 6.85. The number of rotatable bonds is 5. The standard InChI is InChI=1S/C21H27N3O3/c1-20(2)13-21(19(25)27-4)14-23(11-17(20)21)12-18-22-9-10-24(18)15-5-7-16(26-3)8-6-15/h5-10,17H,11-14H2,1-4H3/t17-,21+/m1/s1. The van der Waals surface area contributed by atoms with Crippen LogP contribution in [0.3, 0.4) is 0 Å². The highest BCUT2D eigenvalue weighted by Crippen LogP contribution is 2.63. The third-order valence-electron chi connectivity index (χ3n) is 6.35. The smallest absolute Gasteiger partial charge is 0.313 e. The van der Waals surface area contributed by atoms with Crippen LogP contribution >= 0.6 is 0 Å². The molecular formula is C21H27N3O3. The van der Waals surface area contributed by atoms with Crippen LogP contribution in [0.5, 0.6) is 5.75 Å². The number of carbonyl (C=O) groups is 1. The molecule has 1 aromatic heterocycles. The molecule has 0 unspecified atom stereocenters. The number of carbonyl (C=O) groups excluding carboxylic acids is 1. The molecule has 1 saturated carbocycles. The zero-order valence-corrected chi connectivity index (χ0v) is 16.4. The van der Waals surface area contributed by atoms with Crippen molar-refractivity contribution in [3.63, 3.8) is 0 Å². The molecule has 0 spiro atoms. The lowest BCUT2D eigenvalue weighted by Crippen LogP contribution is -2.57. The minimum Gasteiger partial charge on any atom is -0.497 e. The maximum absolute atomic E-state index is 12.5. The fraction of sp³-hybridized carbons (Fsp3) is 0.524. The summed E-state index contributed by atoms with van der Waals surface area (Å²) in [6.07, 6.45) is 4.69. The molecule has 2 aliphatic rings. The summed E-state index contributed by atoms with van der Waals surface area (Å²) < 4.78 is 12.5. The minimum absolute atomic E-state index is 0.0622. The van der Waals surface area contributed by atoms with E-state index in [-0.39, 0.29) is 16.8 Å². The van der Waals surface area contributed by atoms with E-state index in [1.165, 1.54) is 7.11 Å². The lowest BCUT2D eigenvalue weighted by molar-refractivity contribution is -0.174. The van der Waals surface area contributed by atoms with Crippen LogP contribution < -0.4 is 4.74 Å². The van der Waals surface area contributed by atoms with Gasteiger partial charge in [-0.05, 0) is 42.0 Å². The number of esters is 1. The molecule has 2 heterocycles. The zero-order valence-electron chi connectivity index (χ0n) is 16.4. The molecule has 2 fully saturated rings. The largest absolute Gasteiger partial charge is 0.497 e. The molecule has 0 amide bonds. The van der Waals surface area contributed by atoms with Crippen molar-refractivity contribution in [3.8, 4) is 11.4 Å². The highest BCUT2D eigenvalue weighted by molar-refractivity contribution is 5.80. The number of methoxy groups -OCH3 is 2. The van der Waals surface area contributed by atoms with Crippen molar-refractivity contribution in [2.45, 2.75) is 26.8 Å². The highest BCUT2D eigenvalue weighted by atomic mass is 16.5. The number of nitrogens with zero attached hydrogens (tertiary/aromatic N) is 3. The van der Waals surface area contributed by atoms with Crippen LogP contribution in [0.1, 0.15) is 26.1 Å². The quantitative estimate of drug-likeness (QED) is 0.759. The lowest BCUT2D eigenvalue weighted by Gasteiger charge is -2.54. The molecule has 1 saturated heterocycles. The van der Waals surface area contributed by atoms with Crippen LogP contribution in [0.15, 0.2) is 36.7 Å². The van der Waals surface area contributed by atoms with Crippen molar-refractivity contribution < 1.29 is 14.3 Å². The second kappa shape index (κ2) is 6.37. The zero-order chi connectivity index (χ0) is 19.2. The van der Waals surface area contributed by atoms with Crippen molar-refractivity contribution >= 4 is 5.97 Å². The molecular weight excluding hydrogens is 342 g/mol. The van der Waals surface area contributed by atoms with Crippen LogP contribution in [-0.2, 0) is 16.1 Å². The van der Waals surface area contributed by atoms with Crippen LogP contribution in [0.2, 0.25) is 0 Å². The van der Waals surface area contributed by atoms with Gasteiger partial charge < -0.3 is 14.0 Å². The van der Waals surface area contributed by atoms with Crippen LogP contribution in [0.4, 0.5) is 0 Å². The van der Waals surface area contributed by atoms with E-state index in [2.05, 4.69) is 28.3 Å². The first-order valence-electron chi connectivity index (χ1n) is 9.37. The summed E-state index contributed by atoms with van der Waals surface area (Å²) in [6, 6.07) is 7.95. The van der Waals surface area contributed by atoms with Gasteiger partial charge in [-0.3, -0.25) is 9.69 Å². The average Bonchev–Trinajstić information content (AvgIpc) is 3.24. The van der Waals surface area contributed by atoms with Crippen molar-refractivity contribution in [2.75, 3.05) is 27.3 Å². The molecule has 27 heavy (non-hydrogen) atoms. The third-order valence-corrected chi connectivity index (χ3v) is 6.35. The topological polar surface area (TPSA) is 56.6 Å². The van der Waals surface area contributed by atoms with E-state index in [1.807, 2.05) is 36.7 Å². The second-order valence-electron chi connectivity index (χ2n) is 8.45. The van der Waals surface area contributed by atoms with Crippen molar-refractivity contribution in [3.05, 3.63) is 42.5 Å². The van der Waals surface area contributed by atoms with Crippen LogP contribution in [0, 0.1) is 16.7 Å². The van der Waals surface area contributed by atoms with Crippen LogP contribution in [-0.4, -0.2) is 47.7 Å². The van der Waals surface area contributed by atoms with Gasteiger partial charge in [0.1, 0.15) is 11.6 Å². The van der Waals surface area contributed by atoms with Gasteiger partial charge in [-0.1, -0.05) is 13.8 Å². The number of hydrogen-bond donors (Lipinski definition) is 0. The van der Waals surface area contributed by atoms with E-state index < -0.39 is 0 Å². The molecule has 6 nitrogen and oxygen atoms in total. The molecule has 1 aromatic carbocycles. The summed E-state index contributed by atoms with van der Waals surface area (Å²) in [5, 5.41) is 0. The molecule has 6 heteroatoms. The molecule has 0 N–H and O–H groups in total. The van der Waals surface area contributed by atoms with Gasteiger partial charge in [-0.15, -0.1) is 0 Å². The normalized spacial score (nSPS) is 26.3. The first kappa shape index (κ1) is 18.0. The second-order valence-corrected chi connectivity index (χ2v) is 8.45. The monoisotopic (exact) mass is 369 g/mol. The molecule has 2 atom stereocenters. The van der Waals surface area contributed by atoms with Gasteiger partial charge in [0.25, 0.3) is 0 Å². The van der Waals surface area contributed by atoms with E-state index in [4.69, 9.17) is 9.47 Å². The van der Waals surface area contributed by atoms with Gasteiger partial charge in [0, 0.05) is 31.2 Å². The van der Waals surface area contributed by atoms with E-state index in [0.717, 1.165) is 36.8 Å². The van der Waals surface area contributed by atoms with Gasteiger partial charge in [-0.25, -0.2) is 4.98 Å². The van der Waals surface area contributed by atoms with Gasteiger partial charge in [-0.2, -0.15) is 0 Å². The number of likely N-dealkylation sites (tertiary alicyclic amines) is 1. The Morgan fingerprint density at radius 1 is 1.26 bits per heavy atom. The van der Waals surface area contributed by atoms with E-state index >= 15 is 0 Å². The summed E-state index contributed by atoms with van der Waals surface area (Å²) in [5.74, 6) is 2.08. The van der Waals surface area contributed by atoms with Gasteiger partial charge >= 0.3 is 5.97 Å². The SMILES string of the molecule is COC(=O)[C@@]12CN(Cc3nccn3-c3ccc(OC)cc3)C[C@@H]1C(C)(C)C2. The van der Waals surface area contributed by atoms with E-state index in [0.29, 0.717) is 12.5 Å². The Balaban J connectivity index is 1.54. The Morgan fingerprint density at radius 2 is 2.00 bits per heavy atom. The van der Waals surface area contributed by atoms with Crippen molar-refractivity contribution in [1.82, 2.24) is 14.5 Å². The average molecular weight is 369 g/mol. The summed E-state index contributed by atoms with van der Waals surface area (Å²) in [5.41, 5.74) is 0.873. The maximum Gasteiger partial charge on any atom is 0.313 e. The summed E-state index contributed by atoms with van der Waals surface area (Å²) in [4.78, 5) is 19.4. The first-order valence-corrected chi connectivity index (χ1v) is 9.37. The van der Waals surface area contributed by atoms with Gasteiger partial charge in [0.2, 0.25) is 0 Å². The predicted octanol–water partition coefficient (Wildman–Crippen LogP) is 2.90. The first-order chi connectivity index (χ1) is 12.9. The fourth-order valence-electron chi connectivity index (χ4n) is 5.22. The van der Waals surface area contributed by atoms with E-state index in [1.54, 1.807) is 7.11 Å². The highest BCUT2D eigenvalue weighted by Gasteiger charge is 2.67. The van der Waals surface area contributed by atoms with Crippen molar-refractivity contribution in [1.29, 1.82) is 0 Å². The third kappa shape index (κ3) is 2.83. The molecule has 0 bridgehead atoms. The lowest BCUT2D eigenvalue weighted by atomic mass is 9.48. The molecule has 2 aromatic rings. The molecule has 0 radical (unpaired) electrons. The number of hydrogen-bond acceptors (Lipinski definition) is 5. The number of ether oxygens (including phenoxy) is 2. The van der Waals surface area contributed by atoms with Gasteiger partial charge in [0.05, 0.1) is 26.2 Å². The Morgan fingerprint density at radius 3 is 2.63 bits per heavy atom.